The summed E-state index contributed by atoms with van der Waals surface area (Å²) < 4.78 is 39.0. The zero-order chi connectivity index (χ0) is 18.0. The zero-order valence-corrected chi connectivity index (χ0v) is 12.1. The van der Waals surface area contributed by atoms with Crippen LogP contribution in [0, 0.1) is 0 Å². The lowest BCUT2D eigenvalue weighted by Gasteiger charge is -2.19. The van der Waals surface area contributed by atoms with Gasteiger partial charge in [0, 0.05) is 0 Å². The van der Waals surface area contributed by atoms with E-state index in [4.69, 9.17) is 18.3 Å². The largest absolute Gasteiger partial charge is 0.491 e. The molecule has 1 fully saturated rings. The van der Waals surface area contributed by atoms with Crippen LogP contribution in [0.5, 0.6) is 0 Å². The number of hydrogen-bond acceptors (Lipinski definition) is 5. The molecular formula is C16H22O5. The first-order valence-electron chi connectivity index (χ1n) is 8.20. The van der Waals surface area contributed by atoms with Gasteiger partial charge in [0.1, 0.15) is 31.1 Å². The second-order valence-corrected chi connectivity index (χ2v) is 5.17. The molecule has 0 aromatic heterocycles. The summed E-state index contributed by atoms with van der Waals surface area (Å²) in [6, 6.07) is 8.35. The molecule has 2 N–H and O–H groups in total. The Kier molecular flexibility index (Phi) is 4.08. The number of aliphatic hydroxyl groups excluding tert-OH is 1. The molecule has 5 heteroatoms. The van der Waals surface area contributed by atoms with Crippen LogP contribution in [-0.4, -0.2) is 41.4 Å². The second-order valence-electron chi connectivity index (χ2n) is 5.17. The molecule has 1 aromatic rings. The molecule has 0 unspecified atom stereocenters. The van der Waals surface area contributed by atoms with E-state index in [9.17, 15) is 10.2 Å². The standard InChI is InChI=1S/C16H22O5/c1-16(2)20-11-15(21-16)14(18)8-13(9-17)19-10-12-6-4-3-5-7-12/h3-8,14-15,17-18H,9-11H2,1-2H3/b13-8+/t14-,15-/m0/s1/i8D,9D2. The van der Waals surface area contributed by atoms with Crippen molar-refractivity contribution in [2.45, 2.75) is 38.4 Å². The van der Waals surface area contributed by atoms with Crippen molar-refractivity contribution in [2.24, 2.45) is 0 Å². The predicted molar refractivity (Wildman–Crippen MR) is 77.3 cm³/mol. The second kappa shape index (κ2) is 7.04. The molecule has 1 saturated heterocycles. The molecule has 2 atom stereocenters. The molecule has 21 heavy (non-hydrogen) atoms. The van der Waals surface area contributed by atoms with Gasteiger partial charge in [-0.15, -0.1) is 0 Å². The molecule has 5 nitrogen and oxygen atoms in total. The van der Waals surface area contributed by atoms with E-state index >= 15 is 0 Å². The number of benzene rings is 1. The Labute approximate surface area is 129 Å². The Bertz CT molecular complexity index is 583. The summed E-state index contributed by atoms with van der Waals surface area (Å²) in [6.45, 7) is 0.452. The third-order valence-corrected chi connectivity index (χ3v) is 2.99. The van der Waals surface area contributed by atoms with Crippen LogP contribution in [0.4, 0.5) is 0 Å². The Balaban J connectivity index is 2.17. The van der Waals surface area contributed by atoms with Crippen molar-refractivity contribution in [1.82, 2.24) is 0 Å². The van der Waals surface area contributed by atoms with Gasteiger partial charge < -0.3 is 24.4 Å². The molecule has 1 aliphatic heterocycles. The van der Waals surface area contributed by atoms with Crippen molar-refractivity contribution in [3.8, 4) is 0 Å². The van der Waals surface area contributed by atoms with E-state index in [0.717, 1.165) is 5.56 Å². The Morgan fingerprint density at radius 3 is 2.86 bits per heavy atom. The third kappa shape index (κ3) is 4.82. The Morgan fingerprint density at radius 1 is 1.57 bits per heavy atom. The lowest BCUT2D eigenvalue weighted by molar-refractivity contribution is -0.147. The average molecular weight is 297 g/mol. The number of hydrogen-bond donors (Lipinski definition) is 2. The fourth-order valence-corrected chi connectivity index (χ4v) is 1.93. The number of aliphatic hydroxyl groups is 2. The molecule has 0 radical (unpaired) electrons. The average Bonchev–Trinajstić information content (AvgIpc) is 2.86. The summed E-state index contributed by atoms with van der Waals surface area (Å²) in [5.41, 5.74) is 0.739. The van der Waals surface area contributed by atoms with Crippen LogP contribution in [0.25, 0.3) is 0 Å². The predicted octanol–water partition coefficient (Wildman–Crippen LogP) is 1.59. The normalized spacial score (nSPS) is 26.3. The Morgan fingerprint density at radius 2 is 2.29 bits per heavy atom. The van der Waals surface area contributed by atoms with Crippen molar-refractivity contribution in [3.05, 3.63) is 47.7 Å². The summed E-state index contributed by atoms with van der Waals surface area (Å²) in [4.78, 5) is 0. The summed E-state index contributed by atoms with van der Waals surface area (Å²) in [5.74, 6) is -1.54. The van der Waals surface area contributed by atoms with Crippen LogP contribution in [-0.2, 0) is 20.8 Å². The van der Waals surface area contributed by atoms with E-state index in [1.807, 2.05) is 6.07 Å². The van der Waals surface area contributed by atoms with Crippen molar-refractivity contribution in [2.75, 3.05) is 13.2 Å². The van der Waals surface area contributed by atoms with E-state index in [0.29, 0.717) is 0 Å². The van der Waals surface area contributed by atoms with E-state index in [2.05, 4.69) is 0 Å². The monoisotopic (exact) mass is 297 g/mol. The first kappa shape index (κ1) is 12.2. The highest BCUT2D eigenvalue weighted by Crippen LogP contribution is 2.25. The molecule has 0 spiro atoms. The number of rotatable bonds is 6. The molecular weight excluding hydrogens is 272 g/mol. The van der Waals surface area contributed by atoms with E-state index < -0.39 is 36.4 Å². The summed E-state index contributed by atoms with van der Waals surface area (Å²) in [5, 5.41) is 19.9. The van der Waals surface area contributed by atoms with Gasteiger partial charge in [-0.25, -0.2) is 0 Å². The van der Waals surface area contributed by atoms with Gasteiger partial charge in [-0.05, 0) is 25.5 Å². The highest BCUT2D eigenvalue weighted by atomic mass is 16.7. The molecule has 1 heterocycles. The maximum atomic E-state index is 10.3. The summed E-state index contributed by atoms with van der Waals surface area (Å²) >= 11 is 0. The van der Waals surface area contributed by atoms with Crippen LogP contribution < -0.4 is 0 Å². The van der Waals surface area contributed by atoms with Crippen LogP contribution in [0.2, 0.25) is 0 Å². The van der Waals surface area contributed by atoms with E-state index in [1.165, 1.54) is 0 Å². The lowest BCUT2D eigenvalue weighted by Crippen LogP contribution is -2.29. The van der Waals surface area contributed by atoms with Gasteiger partial charge >= 0.3 is 0 Å². The molecule has 0 bridgehead atoms. The molecule has 2 rings (SSSR count). The molecule has 0 aliphatic carbocycles. The van der Waals surface area contributed by atoms with E-state index in [1.54, 1.807) is 38.1 Å². The van der Waals surface area contributed by atoms with Gasteiger partial charge in [-0.3, -0.25) is 0 Å². The molecule has 1 aromatic carbocycles. The SMILES string of the molecule is [2H]/C(=C(\OCc1ccccc1)C([2H])([2H])O)[C@H](O)[C@@H]1COC(C)(C)O1. The lowest BCUT2D eigenvalue weighted by atomic mass is 10.2. The minimum atomic E-state index is -2.90. The van der Waals surface area contributed by atoms with Crippen molar-refractivity contribution in [3.63, 3.8) is 0 Å². The van der Waals surface area contributed by atoms with Crippen LogP contribution >= 0.6 is 0 Å². The van der Waals surface area contributed by atoms with Gasteiger partial charge in [0.15, 0.2) is 5.79 Å². The highest BCUT2D eigenvalue weighted by Gasteiger charge is 2.36. The molecule has 1 aliphatic rings. The smallest absolute Gasteiger partial charge is 0.163 e. The van der Waals surface area contributed by atoms with E-state index in [-0.39, 0.29) is 13.2 Å². The van der Waals surface area contributed by atoms with Crippen LogP contribution in [0.15, 0.2) is 42.1 Å². The fraction of sp³-hybridized carbons (Fsp3) is 0.500. The van der Waals surface area contributed by atoms with Crippen LogP contribution in [0.3, 0.4) is 0 Å². The number of ether oxygens (including phenoxy) is 3. The topological polar surface area (TPSA) is 68.2 Å². The molecule has 116 valence electrons. The molecule has 0 amide bonds. The molecule has 0 saturated carbocycles. The van der Waals surface area contributed by atoms with Gasteiger partial charge in [-0.2, -0.15) is 0 Å². The van der Waals surface area contributed by atoms with Crippen molar-refractivity contribution < 1.29 is 28.5 Å². The first-order valence-corrected chi connectivity index (χ1v) is 6.70. The Hall–Kier alpha value is -1.40. The first-order chi connectivity index (χ1) is 11.1. The van der Waals surface area contributed by atoms with Crippen molar-refractivity contribution in [1.29, 1.82) is 0 Å². The fourth-order valence-electron chi connectivity index (χ4n) is 1.93. The van der Waals surface area contributed by atoms with Gasteiger partial charge in [0.25, 0.3) is 0 Å². The van der Waals surface area contributed by atoms with Gasteiger partial charge in [-0.1, -0.05) is 30.3 Å². The quantitative estimate of drug-likeness (QED) is 0.781. The maximum absolute atomic E-state index is 10.3. The van der Waals surface area contributed by atoms with Crippen LogP contribution in [0.1, 0.15) is 23.5 Å². The summed E-state index contributed by atoms with van der Waals surface area (Å²) in [7, 11) is 0. The van der Waals surface area contributed by atoms with Gasteiger partial charge in [0.2, 0.25) is 0 Å². The highest BCUT2D eigenvalue weighted by molar-refractivity contribution is 5.14. The minimum absolute atomic E-state index is 0.0428. The zero-order valence-electron chi connectivity index (χ0n) is 15.1. The third-order valence-electron chi connectivity index (χ3n) is 2.99. The van der Waals surface area contributed by atoms with Crippen molar-refractivity contribution >= 4 is 0 Å². The maximum Gasteiger partial charge on any atom is 0.163 e. The summed E-state index contributed by atoms with van der Waals surface area (Å²) in [6.07, 6.45) is -2.33. The van der Waals surface area contributed by atoms with Gasteiger partial charge in [0.05, 0.1) is 10.7 Å². The minimum Gasteiger partial charge on any atom is -0.491 e.